The molecule has 2 heterocycles. The molecule has 13 aromatic rings. The lowest BCUT2D eigenvalue weighted by atomic mass is 9.67. The first-order valence-corrected chi connectivity index (χ1v) is 24.0. The molecule has 0 fully saturated rings. The molecule has 0 saturated carbocycles. The van der Waals surface area contributed by atoms with Crippen molar-refractivity contribution in [2.24, 2.45) is 0 Å². The normalized spacial score (nSPS) is 12.7. The second-order valence-electron chi connectivity index (χ2n) is 18.3. The SMILES string of the molecule is c1ccc(-c2ccc(-c3c4oc5c(N(c6ccc(-c7ccccc7)cc6)c6ccc7c(c6)C(c6ccccc6)(c6ccccc6)c6ccccc6-7)cccc5c4cc4oc5ccccc5c34)cc2)cc1. The van der Waals surface area contributed by atoms with Crippen molar-refractivity contribution >= 4 is 60.9 Å². The van der Waals surface area contributed by atoms with Crippen LogP contribution in [0.15, 0.2) is 270 Å². The van der Waals surface area contributed by atoms with E-state index >= 15 is 0 Å². The van der Waals surface area contributed by atoms with E-state index in [-0.39, 0.29) is 0 Å². The van der Waals surface area contributed by atoms with Crippen molar-refractivity contribution in [3.8, 4) is 44.5 Å². The second-order valence-corrected chi connectivity index (χ2v) is 18.3. The minimum atomic E-state index is -0.569. The Balaban J connectivity index is 1.03. The fraction of sp³-hybridized carbons (Fsp3) is 0.0149. The number of furan rings is 2. The highest BCUT2D eigenvalue weighted by molar-refractivity contribution is 6.24. The Kier molecular flexibility index (Phi) is 9.11. The number of rotatable bonds is 8. The van der Waals surface area contributed by atoms with Crippen molar-refractivity contribution in [1.29, 1.82) is 0 Å². The van der Waals surface area contributed by atoms with Crippen LogP contribution in [0.1, 0.15) is 22.3 Å². The molecule has 0 radical (unpaired) electrons. The van der Waals surface area contributed by atoms with Crippen molar-refractivity contribution < 1.29 is 8.83 Å². The predicted octanol–water partition coefficient (Wildman–Crippen LogP) is 18.3. The lowest BCUT2D eigenvalue weighted by molar-refractivity contribution is 0.665. The fourth-order valence-corrected chi connectivity index (χ4v) is 11.5. The lowest BCUT2D eigenvalue weighted by Crippen LogP contribution is -2.28. The van der Waals surface area contributed by atoms with Gasteiger partial charge in [-0.25, -0.2) is 0 Å². The molecule has 3 nitrogen and oxygen atoms in total. The highest BCUT2D eigenvalue weighted by Crippen LogP contribution is 2.58. The van der Waals surface area contributed by atoms with Gasteiger partial charge in [0.2, 0.25) is 0 Å². The van der Waals surface area contributed by atoms with Gasteiger partial charge in [-0.3, -0.25) is 0 Å². The van der Waals surface area contributed by atoms with Crippen LogP contribution in [0.5, 0.6) is 0 Å². The zero-order valence-electron chi connectivity index (χ0n) is 38.1. The molecule has 3 heteroatoms. The molecule has 1 aliphatic carbocycles. The molecule has 14 rings (SSSR count). The molecule has 1 aliphatic rings. The number of hydrogen-bond acceptors (Lipinski definition) is 3. The molecule has 0 atom stereocenters. The molecule has 0 spiro atoms. The van der Waals surface area contributed by atoms with Gasteiger partial charge in [-0.1, -0.05) is 218 Å². The predicted molar refractivity (Wildman–Crippen MR) is 289 cm³/mol. The minimum absolute atomic E-state index is 0.569. The third kappa shape index (κ3) is 6.08. The van der Waals surface area contributed by atoms with Crippen molar-refractivity contribution in [3.05, 3.63) is 283 Å². The molecule has 11 aromatic carbocycles. The summed E-state index contributed by atoms with van der Waals surface area (Å²) in [4.78, 5) is 2.39. The van der Waals surface area contributed by atoms with E-state index < -0.39 is 5.41 Å². The van der Waals surface area contributed by atoms with Crippen LogP contribution in [0.25, 0.3) is 88.4 Å². The van der Waals surface area contributed by atoms with E-state index in [1.165, 1.54) is 44.5 Å². The van der Waals surface area contributed by atoms with Gasteiger partial charge in [-0.2, -0.15) is 0 Å². The number of para-hydroxylation sites is 2. The van der Waals surface area contributed by atoms with E-state index in [1.807, 2.05) is 6.07 Å². The standard InChI is InChI=1S/C67H43NO2/c1-5-18-44(19-6-1)46-32-34-48(35-33-46)63-64-56-27-14-16-31-61(56)69-62(64)43-57-55-28-17-30-60(65(55)70-66(57)63)68(51-38-36-47(37-39-51)45-20-7-2-8-21-45)52-40-41-54-53-26-13-15-29-58(53)67(59(54)42-52,49-22-9-3-10-23-49)50-24-11-4-12-25-50/h1-43H. The van der Waals surface area contributed by atoms with Gasteiger partial charge in [0.05, 0.1) is 11.1 Å². The first-order valence-electron chi connectivity index (χ1n) is 24.0. The van der Waals surface area contributed by atoms with Gasteiger partial charge in [0, 0.05) is 38.5 Å². The van der Waals surface area contributed by atoms with Gasteiger partial charge in [-0.05, 0) is 104 Å². The molecule has 328 valence electrons. The number of anilines is 3. The summed E-state index contributed by atoms with van der Waals surface area (Å²) in [6.45, 7) is 0. The van der Waals surface area contributed by atoms with Crippen LogP contribution in [0, 0.1) is 0 Å². The van der Waals surface area contributed by atoms with Gasteiger partial charge >= 0.3 is 0 Å². The summed E-state index contributed by atoms with van der Waals surface area (Å²) in [6.07, 6.45) is 0. The van der Waals surface area contributed by atoms with E-state index in [0.717, 1.165) is 83.2 Å². The number of nitrogens with zero attached hydrogens (tertiary/aromatic N) is 1. The fourth-order valence-electron chi connectivity index (χ4n) is 11.5. The van der Waals surface area contributed by atoms with E-state index in [9.17, 15) is 0 Å². The van der Waals surface area contributed by atoms with Crippen LogP contribution in [-0.2, 0) is 5.41 Å². The molecule has 0 aliphatic heterocycles. The first-order chi connectivity index (χ1) is 34.7. The van der Waals surface area contributed by atoms with Gasteiger partial charge in [-0.15, -0.1) is 0 Å². The van der Waals surface area contributed by atoms with E-state index in [4.69, 9.17) is 8.83 Å². The summed E-state index contributed by atoms with van der Waals surface area (Å²) in [5.41, 5.74) is 19.9. The second kappa shape index (κ2) is 16.0. The Morgan fingerprint density at radius 2 is 0.843 bits per heavy atom. The third-order valence-corrected chi connectivity index (χ3v) is 14.6. The average Bonchev–Trinajstić information content (AvgIpc) is 4.10. The maximum absolute atomic E-state index is 7.47. The minimum Gasteiger partial charge on any atom is -0.456 e. The average molecular weight is 894 g/mol. The van der Waals surface area contributed by atoms with Crippen LogP contribution in [0.4, 0.5) is 17.1 Å². The number of hydrogen-bond donors (Lipinski definition) is 0. The van der Waals surface area contributed by atoms with Gasteiger partial charge in [0.1, 0.15) is 16.7 Å². The van der Waals surface area contributed by atoms with E-state index in [2.05, 4.69) is 260 Å². The van der Waals surface area contributed by atoms with Crippen LogP contribution in [0.2, 0.25) is 0 Å². The van der Waals surface area contributed by atoms with Crippen molar-refractivity contribution in [1.82, 2.24) is 0 Å². The van der Waals surface area contributed by atoms with Crippen LogP contribution in [0.3, 0.4) is 0 Å². The molecule has 0 unspecified atom stereocenters. The highest BCUT2D eigenvalue weighted by atomic mass is 16.3. The van der Waals surface area contributed by atoms with Crippen LogP contribution >= 0.6 is 0 Å². The van der Waals surface area contributed by atoms with Gasteiger partial charge < -0.3 is 13.7 Å². The Morgan fingerprint density at radius 3 is 1.53 bits per heavy atom. The monoisotopic (exact) mass is 893 g/mol. The molecule has 2 aromatic heterocycles. The zero-order valence-corrected chi connectivity index (χ0v) is 38.1. The maximum atomic E-state index is 7.47. The first kappa shape index (κ1) is 39.9. The molecule has 0 saturated heterocycles. The van der Waals surface area contributed by atoms with Crippen molar-refractivity contribution in [2.75, 3.05) is 4.90 Å². The molecular weight excluding hydrogens is 851 g/mol. The number of benzene rings is 11. The quantitative estimate of drug-likeness (QED) is 0.152. The van der Waals surface area contributed by atoms with Crippen molar-refractivity contribution in [3.63, 3.8) is 0 Å². The Morgan fingerprint density at radius 1 is 0.314 bits per heavy atom. The zero-order chi connectivity index (χ0) is 46.2. The Labute approximate surface area is 405 Å². The summed E-state index contributed by atoms with van der Waals surface area (Å²) in [7, 11) is 0. The van der Waals surface area contributed by atoms with Crippen molar-refractivity contribution in [2.45, 2.75) is 5.41 Å². The summed E-state index contributed by atoms with van der Waals surface area (Å²) in [5.74, 6) is 0. The summed E-state index contributed by atoms with van der Waals surface area (Å²) >= 11 is 0. The van der Waals surface area contributed by atoms with E-state index in [1.54, 1.807) is 0 Å². The molecule has 0 N–H and O–H groups in total. The smallest absolute Gasteiger partial charge is 0.159 e. The lowest BCUT2D eigenvalue weighted by Gasteiger charge is -2.35. The number of fused-ring (bicyclic) bond motifs is 9. The van der Waals surface area contributed by atoms with Gasteiger partial charge in [0.25, 0.3) is 0 Å². The summed E-state index contributed by atoms with van der Waals surface area (Å²) in [6, 6.07) is 94.0. The molecule has 0 amide bonds. The topological polar surface area (TPSA) is 29.5 Å². The molecule has 70 heavy (non-hydrogen) atoms. The summed E-state index contributed by atoms with van der Waals surface area (Å²) < 4.78 is 14.2. The highest BCUT2D eigenvalue weighted by Gasteiger charge is 2.46. The largest absolute Gasteiger partial charge is 0.456 e. The maximum Gasteiger partial charge on any atom is 0.159 e. The Hall–Kier alpha value is -9.18. The van der Waals surface area contributed by atoms with Crippen LogP contribution in [-0.4, -0.2) is 0 Å². The van der Waals surface area contributed by atoms with Crippen LogP contribution < -0.4 is 4.90 Å². The summed E-state index contributed by atoms with van der Waals surface area (Å²) in [5, 5.41) is 4.11. The van der Waals surface area contributed by atoms with Gasteiger partial charge in [0.15, 0.2) is 5.58 Å². The molecular formula is C67H43NO2. The Bertz CT molecular complexity index is 4040. The molecule has 0 bridgehead atoms. The van der Waals surface area contributed by atoms with E-state index in [0.29, 0.717) is 0 Å². The third-order valence-electron chi connectivity index (χ3n) is 14.6.